The molecule has 0 unspecified atom stereocenters. The van der Waals surface area contributed by atoms with E-state index in [1.165, 1.54) is 5.56 Å². The first kappa shape index (κ1) is 13.8. The maximum atomic E-state index is 5.54. The molecule has 0 aliphatic carbocycles. The van der Waals surface area contributed by atoms with E-state index < -0.39 is 0 Å². The smallest absolute Gasteiger partial charge is 0.136 e. The minimum atomic E-state index is 0.328. The van der Waals surface area contributed by atoms with Crippen molar-refractivity contribution in [2.75, 3.05) is 20.3 Å². The molecule has 1 fully saturated rings. The van der Waals surface area contributed by atoms with Gasteiger partial charge in [-0.2, -0.15) is 0 Å². The van der Waals surface area contributed by atoms with Crippen LogP contribution in [0.1, 0.15) is 18.9 Å². The van der Waals surface area contributed by atoms with Crippen LogP contribution in [0.5, 0.6) is 5.75 Å². The van der Waals surface area contributed by atoms with E-state index in [4.69, 9.17) is 9.47 Å². The molecule has 1 N–H and O–H groups in total. The minimum Gasteiger partial charge on any atom is -0.495 e. The van der Waals surface area contributed by atoms with E-state index in [0.29, 0.717) is 12.1 Å². The van der Waals surface area contributed by atoms with Crippen molar-refractivity contribution in [1.29, 1.82) is 0 Å². The molecule has 0 bridgehead atoms. The summed E-state index contributed by atoms with van der Waals surface area (Å²) in [7, 11) is 1.71. The highest BCUT2D eigenvalue weighted by atomic mass is 79.9. The summed E-state index contributed by atoms with van der Waals surface area (Å²) in [4.78, 5) is 0. The number of hydrogen-bond donors (Lipinski definition) is 1. The van der Waals surface area contributed by atoms with E-state index in [1.54, 1.807) is 7.11 Å². The lowest BCUT2D eigenvalue weighted by molar-refractivity contribution is 0.113. The van der Waals surface area contributed by atoms with E-state index in [1.807, 2.05) is 12.1 Å². The van der Waals surface area contributed by atoms with E-state index in [9.17, 15) is 0 Å². The van der Waals surface area contributed by atoms with Gasteiger partial charge in [-0.1, -0.05) is 12.1 Å². The summed E-state index contributed by atoms with van der Waals surface area (Å²) in [6, 6.07) is 6.65. The molecule has 4 heteroatoms. The van der Waals surface area contributed by atoms with Gasteiger partial charge in [-0.3, -0.25) is 0 Å². The number of halogens is 1. The Balaban J connectivity index is 1.88. The molecule has 0 amide bonds. The highest BCUT2D eigenvalue weighted by Crippen LogP contribution is 2.28. The molecule has 0 saturated carbocycles. The Hall–Kier alpha value is -0.580. The van der Waals surface area contributed by atoms with Crippen molar-refractivity contribution in [1.82, 2.24) is 5.32 Å². The fourth-order valence-electron chi connectivity index (χ4n) is 2.37. The van der Waals surface area contributed by atoms with Crippen molar-refractivity contribution in [3.8, 4) is 5.75 Å². The lowest BCUT2D eigenvalue weighted by atomic mass is 10.1. The molecular weight excluding hydrogens is 294 g/mol. The van der Waals surface area contributed by atoms with E-state index >= 15 is 0 Å². The van der Waals surface area contributed by atoms with E-state index in [2.05, 4.69) is 34.2 Å². The summed E-state index contributed by atoms with van der Waals surface area (Å²) in [6.07, 6.45) is 2.40. The first-order valence-electron chi connectivity index (χ1n) is 6.38. The zero-order valence-corrected chi connectivity index (χ0v) is 12.5. The second-order valence-electron chi connectivity index (χ2n) is 4.61. The predicted octanol–water partition coefficient (Wildman–Crippen LogP) is 2.77. The van der Waals surface area contributed by atoms with Gasteiger partial charge in [-0.25, -0.2) is 0 Å². The lowest BCUT2D eigenvalue weighted by Gasteiger charge is -2.16. The largest absolute Gasteiger partial charge is 0.495 e. The molecule has 1 aromatic carbocycles. The molecule has 18 heavy (non-hydrogen) atoms. The summed E-state index contributed by atoms with van der Waals surface area (Å²) in [5.41, 5.74) is 1.23. The van der Waals surface area contributed by atoms with E-state index in [0.717, 1.165) is 36.2 Å². The van der Waals surface area contributed by atoms with E-state index in [-0.39, 0.29) is 0 Å². The topological polar surface area (TPSA) is 30.5 Å². The van der Waals surface area contributed by atoms with Gasteiger partial charge in [0.15, 0.2) is 0 Å². The van der Waals surface area contributed by atoms with Crippen LogP contribution in [-0.4, -0.2) is 32.4 Å². The van der Waals surface area contributed by atoms with Gasteiger partial charge in [0.2, 0.25) is 0 Å². The Morgan fingerprint density at radius 2 is 2.33 bits per heavy atom. The van der Waals surface area contributed by atoms with Gasteiger partial charge in [0, 0.05) is 12.6 Å². The molecule has 1 heterocycles. The first-order valence-corrected chi connectivity index (χ1v) is 7.18. The van der Waals surface area contributed by atoms with Gasteiger partial charge in [0.05, 0.1) is 17.7 Å². The Labute approximate surface area is 117 Å². The molecular formula is C14H20BrNO2. The zero-order chi connectivity index (χ0) is 13.0. The van der Waals surface area contributed by atoms with Gasteiger partial charge in [-0.05, 0) is 53.9 Å². The van der Waals surface area contributed by atoms with Crippen molar-refractivity contribution in [3.05, 3.63) is 28.2 Å². The Morgan fingerprint density at radius 3 is 3.00 bits per heavy atom. The maximum absolute atomic E-state index is 5.54. The number of rotatable bonds is 5. The second-order valence-corrected chi connectivity index (χ2v) is 5.46. The monoisotopic (exact) mass is 313 g/mol. The van der Waals surface area contributed by atoms with Crippen LogP contribution in [0, 0.1) is 0 Å². The summed E-state index contributed by atoms with van der Waals surface area (Å²) >= 11 is 3.51. The number of benzene rings is 1. The molecule has 1 saturated heterocycles. The molecule has 0 aromatic heterocycles. The number of methoxy groups -OCH3 is 1. The Morgan fingerprint density at radius 1 is 1.50 bits per heavy atom. The first-order chi connectivity index (χ1) is 8.72. The number of nitrogens with one attached hydrogen (secondary N) is 1. The normalized spacial score (nSPS) is 23.3. The molecule has 0 radical (unpaired) electrons. The van der Waals surface area contributed by atoms with Crippen LogP contribution >= 0.6 is 15.9 Å². The van der Waals surface area contributed by atoms with Crippen molar-refractivity contribution in [2.24, 2.45) is 0 Å². The van der Waals surface area contributed by atoms with Crippen LogP contribution in [0.15, 0.2) is 22.7 Å². The highest BCUT2D eigenvalue weighted by Gasteiger charge is 2.23. The SMILES string of the molecule is COc1c(Br)cccc1CCN[C@@H]1CCO[C@@H]1C. The average molecular weight is 314 g/mol. The van der Waals surface area contributed by atoms with Gasteiger partial charge in [-0.15, -0.1) is 0 Å². The van der Waals surface area contributed by atoms with Crippen LogP contribution in [0.25, 0.3) is 0 Å². The number of ether oxygens (including phenoxy) is 2. The Bertz CT molecular complexity index is 397. The van der Waals surface area contributed by atoms with Crippen LogP contribution in [0.2, 0.25) is 0 Å². The van der Waals surface area contributed by atoms with Crippen molar-refractivity contribution in [3.63, 3.8) is 0 Å². The average Bonchev–Trinajstić information content (AvgIpc) is 2.75. The quantitative estimate of drug-likeness (QED) is 0.906. The van der Waals surface area contributed by atoms with Crippen LogP contribution in [0.4, 0.5) is 0 Å². The van der Waals surface area contributed by atoms with Crippen LogP contribution < -0.4 is 10.1 Å². The molecule has 1 aliphatic rings. The van der Waals surface area contributed by atoms with Gasteiger partial charge in [0.1, 0.15) is 5.75 Å². The summed E-state index contributed by atoms with van der Waals surface area (Å²) in [6.45, 7) is 3.95. The maximum Gasteiger partial charge on any atom is 0.136 e. The summed E-state index contributed by atoms with van der Waals surface area (Å²) in [5, 5.41) is 3.55. The molecule has 2 rings (SSSR count). The van der Waals surface area contributed by atoms with Crippen molar-refractivity contribution < 1.29 is 9.47 Å². The molecule has 2 atom stereocenters. The van der Waals surface area contributed by atoms with Crippen molar-refractivity contribution >= 4 is 15.9 Å². The third kappa shape index (κ3) is 3.25. The van der Waals surface area contributed by atoms with Crippen LogP contribution in [0.3, 0.4) is 0 Å². The molecule has 100 valence electrons. The molecule has 3 nitrogen and oxygen atoms in total. The fraction of sp³-hybridized carbons (Fsp3) is 0.571. The Kier molecular flexibility index (Phi) is 5.03. The molecule has 0 spiro atoms. The predicted molar refractivity (Wildman–Crippen MR) is 76.2 cm³/mol. The minimum absolute atomic E-state index is 0.328. The third-order valence-electron chi connectivity index (χ3n) is 3.43. The molecule has 1 aliphatic heterocycles. The zero-order valence-electron chi connectivity index (χ0n) is 10.9. The summed E-state index contributed by atoms with van der Waals surface area (Å²) < 4.78 is 12.0. The molecule has 1 aromatic rings. The van der Waals surface area contributed by atoms with Crippen LogP contribution in [-0.2, 0) is 11.2 Å². The fourth-order valence-corrected chi connectivity index (χ4v) is 2.94. The standard InChI is InChI=1S/C14H20BrNO2/c1-10-13(7-9-18-10)16-8-6-11-4-3-5-12(15)14(11)17-2/h3-5,10,13,16H,6-9H2,1-2H3/t10-,13-/m1/s1. The second kappa shape index (κ2) is 6.55. The van der Waals surface area contributed by atoms with Gasteiger partial charge in [0.25, 0.3) is 0 Å². The third-order valence-corrected chi connectivity index (χ3v) is 4.05. The number of hydrogen-bond acceptors (Lipinski definition) is 3. The number of para-hydroxylation sites is 1. The van der Waals surface area contributed by atoms with Gasteiger partial charge < -0.3 is 14.8 Å². The lowest BCUT2D eigenvalue weighted by Crippen LogP contribution is -2.35. The van der Waals surface area contributed by atoms with Gasteiger partial charge >= 0.3 is 0 Å². The van der Waals surface area contributed by atoms with Crippen molar-refractivity contribution in [2.45, 2.75) is 31.9 Å². The highest BCUT2D eigenvalue weighted by molar-refractivity contribution is 9.10. The summed E-state index contributed by atoms with van der Waals surface area (Å²) in [5.74, 6) is 0.940.